The number of β-amino-alcohol motifs (C(OH)–C–C–N with tert-alkyl or cyclic N) is 1. The van der Waals surface area contributed by atoms with Gasteiger partial charge in [0.05, 0.1) is 6.10 Å². The third kappa shape index (κ3) is 2.11. The number of benzene rings is 1. The van der Waals surface area contributed by atoms with E-state index in [1.807, 2.05) is 6.92 Å². The van der Waals surface area contributed by atoms with Crippen LogP contribution in [-0.2, 0) is 0 Å². The molecule has 0 bridgehead atoms. The van der Waals surface area contributed by atoms with Crippen molar-refractivity contribution < 1.29 is 14.3 Å². The third-order valence-corrected chi connectivity index (χ3v) is 3.78. The Balaban J connectivity index is 2.01. The SMILES string of the molecule is Cc1c(C(=O)N2CCC(O)C2)oc2ccc(Cl)cc12. The second-order valence-corrected chi connectivity index (χ2v) is 5.33. The summed E-state index contributed by atoms with van der Waals surface area (Å²) in [5.41, 5.74) is 1.45. The van der Waals surface area contributed by atoms with Crippen molar-refractivity contribution in [3.8, 4) is 0 Å². The largest absolute Gasteiger partial charge is 0.451 e. The number of halogens is 1. The van der Waals surface area contributed by atoms with E-state index in [4.69, 9.17) is 16.0 Å². The highest BCUT2D eigenvalue weighted by molar-refractivity contribution is 6.31. The van der Waals surface area contributed by atoms with E-state index in [0.29, 0.717) is 35.9 Å². The summed E-state index contributed by atoms with van der Waals surface area (Å²) in [4.78, 5) is 14.0. The summed E-state index contributed by atoms with van der Waals surface area (Å²) < 4.78 is 5.63. The number of aryl methyl sites for hydroxylation is 1. The zero-order valence-corrected chi connectivity index (χ0v) is 11.3. The van der Waals surface area contributed by atoms with Gasteiger partial charge in [-0.15, -0.1) is 0 Å². The molecule has 0 radical (unpaired) electrons. The Morgan fingerprint density at radius 2 is 2.32 bits per heavy atom. The van der Waals surface area contributed by atoms with Crippen LogP contribution in [0.4, 0.5) is 0 Å². The van der Waals surface area contributed by atoms with Gasteiger partial charge in [0, 0.05) is 29.1 Å². The quantitative estimate of drug-likeness (QED) is 0.873. The van der Waals surface area contributed by atoms with Crippen molar-refractivity contribution >= 4 is 28.5 Å². The van der Waals surface area contributed by atoms with Crippen molar-refractivity contribution in [3.63, 3.8) is 0 Å². The molecule has 1 aliphatic rings. The molecular formula is C14H14ClNO3. The molecule has 1 aliphatic heterocycles. The number of aliphatic hydroxyl groups excluding tert-OH is 1. The summed E-state index contributed by atoms with van der Waals surface area (Å²) in [6.45, 7) is 2.79. The molecule has 1 atom stereocenters. The zero-order chi connectivity index (χ0) is 13.6. The lowest BCUT2D eigenvalue weighted by molar-refractivity contribution is 0.0735. The van der Waals surface area contributed by atoms with Crippen LogP contribution in [0.25, 0.3) is 11.0 Å². The van der Waals surface area contributed by atoms with Crippen molar-refractivity contribution in [2.24, 2.45) is 0 Å². The van der Waals surface area contributed by atoms with Gasteiger partial charge in [-0.1, -0.05) is 11.6 Å². The van der Waals surface area contributed by atoms with Crippen molar-refractivity contribution in [3.05, 3.63) is 34.5 Å². The lowest BCUT2D eigenvalue weighted by Gasteiger charge is -2.13. The van der Waals surface area contributed by atoms with Gasteiger partial charge in [0.1, 0.15) is 5.58 Å². The predicted molar refractivity (Wildman–Crippen MR) is 72.5 cm³/mol. The van der Waals surface area contributed by atoms with E-state index >= 15 is 0 Å². The first-order valence-corrected chi connectivity index (χ1v) is 6.60. The molecule has 19 heavy (non-hydrogen) atoms. The van der Waals surface area contributed by atoms with E-state index in [2.05, 4.69) is 0 Å². The summed E-state index contributed by atoms with van der Waals surface area (Å²) in [6.07, 6.45) is 0.194. The Bertz CT molecular complexity index is 649. The fourth-order valence-corrected chi connectivity index (χ4v) is 2.64. The number of hydrogen-bond donors (Lipinski definition) is 1. The molecule has 1 fully saturated rings. The van der Waals surface area contributed by atoms with Crippen molar-refractivity contribution in [2.75, 3.05) is 13.1 Å². The molecular weight excluding hydrogens is 266 g/mol. The predicted octanol–water partition coefficient (Wildman–Crippen LogP) is 2.60. The van der Waals surface area contributed by atoms with Crippen LogP contribution in [0.2, 0.25) is 5.02 Å². The number of likely N-dealkylation sites (tertiary alicyclic amines) is 1. The zero-order valence-electron chi connectivity index (χ0n) is 10.5. The molecule has 3 rings (SSSR count). The highest BCUT2D eigenvalue weighted by Crippen LogP contribution is 2.29. The Kier molecular flexibility index (Phi) is 2.99. The number of fused-ring (bicyclic) bond motifs is 1. The number of aliphatic hydroxyl groups is 1. The van der Waals surface area contributed by atoms with Crippen LogP contribution in [0.3, 0.4) is 0 Å². The summed E-state index contributed by atoms with van der Waals surface area (Å²) in [6, 6.07) is 5.30. The average Bonchev–Trinajstić information content (AvgIpc) is 2.94. The fraction of sp³-hybridized carbons (Fsp3) is 0.357. The summed E-state index contributed by atoms with van der Waals surface area (Å²) in [7, 11) is 0. The van der Waals surface area contributed by atoms with E-state index in [9.17, 15) is 9.90 Å². The van der Waals surface area contributed by atoms with Gasteiger partial charge < -0.3 is 14.4 Å². The maximum absolute atomic E-state index is 12.4. The summed E-state index contributed by atoms with van der Waals surface area (Å²) in [5, 5.41) is 11.0. The maximum Gasteiger partial charge on any atom is 0.289 e. The van der Waals surface area contributed by atoms with Gasteiger partial charge in [0.15, 0.2) is 5.76 Å². The normalized spacial score (nSPS) is 19.3. The average molecular weight is 280 g/mol. The first kappa shape index (κ1) is 12.5. The van der Waals surface area contributed by atoms with Crippen LogP contribution in [0.1, 0.15) is 22.5 Å². The minimum absolute atomic E-state index is 0.165. The van der Waals surface area contributed by atoms with Crippen molar-refractivity contribution in [2.45, 2.75) is 19.4 Å². The van der Waals surface area contributed by atoms with Crippen LogP contribution in [0.15, 0.2) is 22.6 Å². The van der Waals surface area contributed by atoms with Gasteiger partial charge in [0.25, 0.3) is 5.91 Å². The van der Waals surface area contributed by atoms with E-state index in [1.165, 1.54) is 0 Å². The third-order valence-electron chi connectivity index (χ3n) is 3.54. The molecule has 0 spiro atoms. The molecule has 0 saturated carbocycles. The fourth-order valence-electron chi connectivity index (χ4n) is 2.47. The lowest BCUT2D eigenvalue weighted by atomic mass is 10.1. The summed E-state index contributed by atoms with van der Waals surface area (Å²) >= 11 is 5.96. The number of furan rings is 1. The molecule has 2 aromatic rings. The second-order valence-electron chi connectivity index (χ2n) is 4.89. The molecule has 100 valence electrons. The van der Waals surface area contributed by atoms with Gasteiger partial charge in [-0.2, -0.15) is 0 Å². The smallest absolute Gasteiger partial charge is 0.289 e. The highest BCUT2D eigenvalue weighted by Gasteiger charge is 2.29. The number of carbonyl (C=O) groups excluding carboxylic acids is 1. The molecule has 0 aliphatic carbocycles. The van der Waals surface area contributed by atoms with E-state index < -0.39 is 6.10 Å². The van der Waals surface area contributed by atoms with Gasteiger partial charge in [-0.05, 0) is 31.5 Å². The second kappa shape index (κ2) is 4.54. The minimum atomic E-state index is -0.428. The van der Waals surface area contributed by atoms with Gasteiger partial charge in [0.2, 0.25) is 0 Å². The Labute approximate surface area is 115 Å². The van der Waals surface area contributed by atoms with Crippen LogP contribution in [0, 0.1) is 6.92 Å². The first-order chi connectivity index (χ1) is 9.06. The molecule has 1 amide bonds. The molecule has 4 nitrogen and oxygen atoms in total. The van der Waals surface area contributed by atoms with Crippen LogP contribution in [0.5, 0.6) is 0 Å². The van der Waals surface area contributed by atoms with E-state index in [0.717, 1.165) is 10.9 Å². The Hall–Kier alpha value is -1.52. The Morgan fingerprint density at radius 3 is 3.00 bits per heavy atom. The van der Waals surface area contributed by atoms with Crippen molar-refractivity contribution in [1.29, 1.82) is 0 Å². The van der Waals surface area contributed by atoms with Crippen LogP contribution < -0.4 is 0 Å². The first-order valence-electron chi connectivity index (χ1n) is 6.22. The van der Waals surface area contributed by atoms with Gasteiger partial charge in [-0.3, -0.25) is 4.79 Å². The van der Waals surface area contributed by atoms with E-state index in [-0.39, 0.29) is 5.91 Å². The topological polar surface area (TPSA) is 53.7 Å². The van der Waals surface area contributed by atoms with Gasteiger partial charge in [-0.25, -0.2) is 0 Å². The van der Waals surface area contributed by atoms with Gasteiger partial charge >= 0.3 is 0 Å². The standard InChI is InChI=1S/C14H14ClNO3/c1-8-11-6-9(15)2-3-12(11)19-13(8)14(18)16-5-4-10(17)7-16/h2-3,6,10,17H,4-5,7H2,1H3. The van der Waals surface area contributed by atoms with Crippen LogP contribution >= 0.6 is 11.6 Å². The number of hydrogen-bond acceptors (Lipinski definition) is 3. The maximum atomic E-state index is 12.4. The molecule has 2 heterocycles. The lowest BCUT2D eigenvalue weighted by Crippen LogP contribution is -2.29. The minimum Gasteiger partial charge on any atom is -0.451 e. The number of nitrogens with zero attached hydrogens (tertiary/aromatic N) is 1. The number of rotatable bonds is 1. The summed E-state index contributed by atoms with van der Waals surface area (Å²) in [5.74, 6) is 0.174. The number of carbonyl (C=O) groups is 1. The number of amides is 1. The molecule has 1 saturated heterocycles. The molecule has 5 heteroatoms. The Morgan fingerprint density at radius 1 is 1.53 bits per heavy atom. The molecule has 1 unspecified atom stereocenters. The van der Waals surface area contributed by atoms with E-state index in [1.54, 1.807) is 23.1 Å². The van der Waals surface area contributed by atoms with Crippen molar-refractivity contribution in [1.82, 2.24) is 4.90 Å². The monoisotopic (exact) mass is 279 g/mol. The molecule has 1 N–H and O–H groups in total. The molecule has 1 aromatic heterocycles. The van der Waals surface area contributed by atoms with Crippen LogP contribution in [-0.4, -0.2) is 35.1 Å². The molecule has 1 aromatic carbocycles. The highest BCUT2D eigenvalue weighted by atomic mass is 35.5.